The Morgan fingerprint density at radius 3 is 2.71 bits per heavy atom. The lowest BCUT2D eigenvalue weighted by Gasteiger charge is -2.12. The van der Waals surface area contributed by atoms with E-state index in [0.29, 0.717) is 10.2 Å². The van der Waals surface area contributed by atoms with Gasteiger partial charge in [-0.05, 0) is 32.8 Å². The Balaban J connectivity index is 2.03. The summed E-state index contributed by atoms with van der Waals surface area (Å²) in [5.74, 6) is -0.648. The quantitative estimate of drug-likeness (QED) is 0.816. The number of aromatic nitrogens is 2. The molecule has 1 atom stereocenters. The molecule has 8 heteroatoms. The van der Waals surface area contributed by atoms with E-state index in [0.717, 1.165) is 16.9 Å². The van der Waals surface area contributed by atoms with E-state index in [1.807, 2.05) is 27.7 Å². The smallest absolute Gasteiger partial charge is 0.262 e. The average Bonchev–Trinajstić information content (AvgIpc) is 2.83. The highest BCUT2D eigenvalue weighted by Gasteiger charge is 2.14. The number of nitrogens with one attached hydrogen (secondary N) is 2. The first kappa shape index (κ1) is 18.1. The molecule has 24 heavy (non-hydrogen) atoms. The second-order valence-electron chi connectivity index (χ2n) is 5.79. The van der Waals surface area contributed by atoms with Crippen LogP contribution in [0.2, 0.25) is 0 Å². The number of rotatable bonds is 6. The van der Waals surface area contributed by atoms with Gasteiger partial charge in [0.1, 0.15) is 11.4 Å². The third-order valence-corrected chi connectivity index (χ3v) is 5.05. The van der Waals surface area contributed by atoms with Crippen molar-refractivity contribution in [3.63, 3.8) is 0 Å². The van der Waals surface area contributed by atoms with Gasteiger partial charge in [-0.15, -0.1) is 11.3 Å². The van der Waals surface area contributed by atoms with Crippen molar-refractivity contribution in [2.24, 2.45) is 0 Å². The van der Waals surface area contributed by atoms with Crippen molar-refractivity contribution in [3.8, 4) is 0 Å². The van der Waals surface area contributed by atoms with Gasteiger partial charge in [-0.3, -0.25) is 19.0 Å². The Morgan fingerprint density at radius 2 is 2.04 bits per heavy atom. The maximum absolute atomic E-state index is 12.5. The minimum absolute atomic E-state index is 0.0634. The number of hydrogen-bond acceptors (Lipinski definition) is 5. The third-order valence-electron chi connectivity index (χ3n) is 3.94. The van der Waals surface area contributed by atoms with Crippen LogP contribution in [0.3, 0.4) is 0 Å². The number of thiophene rings is 1. The van der Waals surface area contributed by atoms with E-state index in [9.17, 15) is 14.4 Å². The first-order chi connectivity index (χ1) is 11.3. The van der Waals surface area contributed by atoms with Crippen molar-refractivity contribution in [1.82, 2.24) is 20.2 Å². The molecule has 2 amide bonds. The lowest BCUT2D eigenvalue weighted by atomic mass is 10.2. The summed E-state index contributed by atoms with van der Waals surface area (Å²) >= 11 is 1.46. The van der Waals surface area contributed by atoms with Crippen LogP contribution in [0.1, 0.15) is 30.7 Å². The van der Waals surface area contributed by atoms with E-state index in [4.69, 9.17) is 0 Å². The van der Waals surface area contributed by atoms with Crippen molar-refractivity contribution in [3.05, 3.63) is 27.1 Å². The van der Waals surface area contributed by atoms with E-state index in [1.54, 1.807) is 0 Å². The van der Waals surface area contributed by atoms with Crippen molar-refractivity contribution < 1.29 is 9.59 Å². The molecule has 0 spiro atoms. The predicted octanol–water partition coefficient (Wildman–Crippen LogP) is 1.11. The van der Waals surface area contributed by atoms with Crippen LogP contribution < -0.4 is 16.2 Å². The van der Waals surface area contributed by atoms with Gasteiger partial charge in [0.15, 0.2) is 0 Å². The van der Waals surface area contributed by atoms with Gasteiger partial charge in [-0.2, -0.15) is 0 Å². The number of aryl methyl sites for hydroxylation is 2. The zero-order valence-corrected chi connectivity index (χ0v) is 15.1. The number of amides is 2. The maximum atomic E-state index is 12.5. The predicted molar refractivity (Wildman–Crippen MR) is 94.3 cm³/mol. The molecule has 2 aromatic heterocycles. The van der Waals surface area contributed by atoms with Crippen LogP contribution in [0.25, 0.3) is 10.2 Å². The molecule has 2 N–H and O–H groups in total. The van der Waals surface area contributed by atoms with Crippen LogP contribution in [0.5, 0.6) is 0 Å². The Bertz CT molecular complexity index is 825. The monoisotopic (exact) mass is 350 g/mol. The number of carbonyl (C=O) groups is 2. The van der Waals surface area contributed by atoms with Crippen molar-refractivity contribution >= 4 is 33.4 Å². The molecule has 2 rings (SSSR count). The third kappa shape index (κ3) is 4.00. The van der Waals surface area contributed by atoms with Crippen molar-refractivity contribution in [2.75, 3.05) is 6.54 Å². The van der Waals surface area contributed by atoms with Crippen LogP contribution in [0.15, 0.2) is 11.1 Å². The number of fused-ring (bicyclic) bond motifs is 1. The molecule has 0 radical (unpaired) electrons. The minimum atomic E-state index is -0.401. The second-order valence-corrected chi connectivity index (χ2v) is 7.00. The van der Waals surface area contributed by atoms with Crippen LogP contribution in [-0.2, 0) is 16.1 Å². The summed E-state index contributed by atoms with van der Waals surface area (Å²) in [5, 5.41) is 5.84. The van der Waals surface area contributed by atoms with E-state index >= 15 is 0 Å². The van der Waals surface area contributed by atoms with E-state index in [1.165, 1.54) is 22.2 Å². The van der Waals surface area contributed by atoms with Gasteiger partial charge in [0, 0.05) is 10.9 Å². The van der Waals surface area contributed by atoms with Gasteiger partial charge in [0.2, 0.25) is 11.8 Å². The topological polar surface area (TPSA) is 93.1 Å². The van der Waals surface area contributed by atoms with Gasteiger partial charge < -0.3 is 10.6 Å². The van der Waals surface area contributed by atoms with Gasteiger partial charge in [0.05, 0.1) is 18.3 Å². The zero-order chi connectivity index (χ0) is 17.9. The van der Waals surface area contributed by atoms with E-state index < -0.39 is 5.91 Å². The normalized spacial score (nSPS) is 12.2. The fourth-order valence-corrected chi connectivity index (χ4v) is 3.19. The summed E-state index contributed by atoms with van der Waals surface area (Å²) in [6.45, 7) is 7.41. The molecule has 0 aliphatic carbocycles. The van der Waals surface area contributed by atoms with Gasteiger partial charge in [-0.1, -0.05) is 6.92 Å². The summed E-state index contributed by atoms with van der Waals surface area (Å²) in [6.07, 6.45) is 2.19. The number of carbonyl (C=O) groups excluding carboxylic acids is 2. The number of hydrogen-bond donors (Lipinski definition) is 2. The highest BCUT2D eigenvalue weighted by molar-refractivity contribution is 7.18. The molecule has 7 nitrogen and oxygen atoms in total. The Morgan fingerprint density at radius 1 is 1.33 bits per heavy atom. The Hall–Kier alpha value is -2.22. The van der Waals surface area contributed by atoms with Crippen molar-refractivity contribution in [2.45, 2.75) is 46.7 Å². The minimum Gasteiger partial charge on any atom is -0.352 e. The van der Waals surface area contributed by atoms with Crippen LogP contribution in [0.4, 0.5) is 0 Å². The standard InChI is InChI=1S/C16H22N4O3S/c1-5-9(2)19-12(21)6-17-13(22)7-20-8-18-15-14(16(20)23)10(3)11(4)24-15/h8-9H,5-7H2,1-4H3,(H,17,22)(H,19,21). The number of nitrogens with zero attached hydrogens (tertiary/aromatic N) is 2. The van der Waals surface area contributed by atoms with Gasteiger partial charge in [-0.25, -0.2) is 4.98 Å². The summed E-state index contributed by atoms with van der Waals surface area (Å²) in [6, 6.07) is 0.0634. The van der Waals surface area contributed by atoms with Gasteiger partial charge >= 0.3 is 0 Å². The molecule has 0 aliphatic heterocycles. The van der Waals surface area contributed by atoms with Crippen LogP contribution in [-0.4, -0.2) is 34.0 Å². The molecule has 1 unspecified atom stereocenters. The molecule has 130 valence electrons. The van der Waals surface area contributed by atoms with Crippen molar-refractivity contribution in [1.29, 1.82) is 0 Å². The fourth-order valence-electron chi connectivity index (χ4n) is 2.20. The molecule has 0 saturated heterocycles. The van der Waals surface area contributed by atoms with Gasteiger partial charge in [0.25, 0.3) is 5.56 Å². The Kier molecular flexibility index (Phi) is 5.71. The largest absolute Gasteiger partial charge is 0.352 e. The summed E-state index contributed by atoms with van der Waals surface area (Å²) in [7, 11) is 0. The molecular weight excluding hydrogens is 328 g/mol. The highest BCUT2D eigenvalue weighted by Crippen LogP contribution is 2.25. The van der Waals surface area contributed by atoms with Crippen LogP contribution >= 0.6 is 11.3 Å². The fraction of sp³-hybridized carbons (Fsp3) is 0.500. The molecule has 0 saturated carbocycles. The molecule has 0 aromatic carbocycles. The summed E-state index contributed by atoms with van der Waals surface area (Å²) in [4.78, 5) is 42.1. The average molecular weight is 350 g/mol. The summed E-state index contributed by atoms with van der Waals surface area (Å²) in [5.41, 5.74) is 0.663. The van der Waals surface area contributed by atoms with Crippen LogP contribution in [0, 0.1) is 13.8 Å². The Labute approximate surface area is 144 Å². The van der Waals surface area contributed by atoms with E-state index in [-0.39, 0.29) is 30.6 Å². The summed E-state index contributed by atoms with van der Waals surface area (Å²) < 4.78 is 1.27. The molecule has 2 aromatic rings. The lowest BCUT2D eigenvalue weighted by molar-refractivity contribution is -0.126. The second kappa shape index (κ2) is 7.57. The molecule has 0 bridgehead atoms. The molecular formula is C16H22N4O3S. The first-order valence-electron chi connectivity index (χ1n) is 7.84. The first-order valence-corrected chi connectivity index (χ1v) is 8.66. The molecule has 0 aliphatic rings. The van der Waals surface area contributed by atoms with E-state index in [2.05, 4.69) is 15.6 Å². The lowest BCUT2D eigenvalue weighted by Crippen LogP contribution is -2.42. The molecule has 2 heterocycles. The SMILES string of the molecule is CCC(C)NC(=O)CNC(=O)Cn1cnc2sc(C)c(C)c2c1=O. The maximum Gasteiger partial charge on any atom is 0.262 e. The highest BCUT2D eigenvalue weighted by atomic mass is 32.1. The molecule has 0 fully saturated rings. The zero-order valence-electron chi connectivity index (χ0n) is 14.3.